The van der Waals surface area contributed by atoms with E-state index in [1.807, 2.05) is 6.07 Å². The third-order valence-electron chi connectivity index (χ3n) is 6.70. The number of carbonyl (C=O) groups is 3. The molecule has 0 aromatic carbocycles. The Balaban J connectivity index is 0.000000492. The zero-order valence-corrected chi connectivity index (χ0v) is 18.6. The molecule has 2 aromatic heterocycles. The fourth-order valence-corrected chi connectivity index (χ4v) is 5.25. The van der Waals surface area contributed by atoms with Crippen molar-refractivity contribution in [2.45, 2.75) is 25.8 Å². The van der Waals surface area contributed by atoms with E-state index in [9.17, 15) is 14.7 Å². The number of rotatable bonds is 4. The molecule has 184 valence electrons. The summed E-state index contributed by atoms with van der Waals surface area (Å²) in [6.45, 7) is 2.93. The van der Waals surface area contributed by atoms with Crippen LogP contribution in [0, 0.1) is 11.3 Å². The minimum atomic E-state index is -0.320. The fraction of sp³-hybridized carbons (Fsp3) is 0.500. The number of aliphatic hydroxyl groups excluding tert-OH is 1. The number of likely N-dealkylation sites (tertiary alicyclic amines) is 2. The van der Waals surface area contributed by atoms with Crippen molar-refractivity contribution in [2.24, 2.45) is 11.3 Å². The summed E-state index contributed by atoms with van der Waals surface area (Å²) in [7, 11) is 0. The number of carboxylic acid groups (broad SMARTS) is 2. The monoisotopic (exact) mass is 475 g/mol. The van der Waals surface area contributed by atoms with E-state index >= 15 is 0 Å². The lowest BCUT2D eigenvalue weighted by atomic mass is 9.82. The maximum absolute atomic E-state index is 13.1. The van der Waals surface area contributed by atoms with Crippen LogP contribution in [0.2, 0.25) is 0 Å². The number of pyridine rings is 1. The molecule has 12 heteroatoms. The third-order valence-corrected chi connectivity index (χ3v) is 6.70. The average molecular weight is 476 g/mol. The number of aliphatic hydroxyl groups is 1. The SMILES string of the molecule is O=C(c1cc2c([nH]c1=O)CCC2)N1CC2CN(Cc3ccn[nH]3)CC2(CO)C1.O=CO.O=CO. The molecule has 2 saturated heterocycles. The summed E-state index contributed by atoms with van der Waals surface area (Å²) in [5.41, 5.74) is 2.74. The molecule has 1 amide bonds. The van der Waals surface area contributed by atoms with Crippen molar-refractivity contribution in [3.05, 3.63) is 51.2 Å². The lowest BCUT2D eigenvalue weighted by Crippen LogP contribution is -2.40. The largest absolute Gasteiger partial charge is 0.483 e. The first-order valence-corrected chi connectivity index (χ1v) is 10.9. The second kappa shape index (κ2) is 11.1. The van der Waals surface area contributed by atoms with Gasteiger partial charge in [-0.2, -0.15) is 5.10 Å². The highest BCUT2D eigenvalue weighted by Crippen LogP contribution is 2.42. The molecule has 5 N–H and O–H groups in total. The first-order valence-electron chi connectivity index (χ1n) is 10.9. The molecular weight excluding hydrogens is 446 g/mol. The fourth-order valence-electron chi connectivity index (χ4n) is 5.25. The number of H-pyrrole nitrogens is 2. The number of fused-ring (bicyclic) bond motifs is 2. The Bertz CT molecular complexity index is 1050. The number of carbonyl (C=O) groups excluding carboxylic acids is 1. The van der Waals surface area contributed by atoms with Crippen molar-refractivity contribution < 1.29 is 29.7 Å². The van der Waals surface area contributed by atoms with Crippen molar-refractivity contribution in [1.82, 2.24) is 25.0 Å². The molecule has 2 aliphatic heterocycles. The number of amides is 1. The molecule has 1 aliphatic carbocycles. The van der Waals surface area contributed by atoms with Gasteiger partial charge >= 0.3 is 0 Å². The normalized spacial score (nSPS) is 22.6. The highest BCUT2D eigenvalue weighted by molar-refractivity contribution is 5.94. The van der Waals surface area contributed by atoms with E-state index in [1.54, 1.807) is 17.2 Å². The Labute approximate surface area is 195 Å². The quantitative estimate of drug-likeness (QED) is 0.366. The number of aromatic nitrogens is 3. The van der Waals surface area contributed by atoms with E-state index in [0.29, 0.717) is 13.1 Å². The number of aryl methyl sites for hydroxylation is 2. The smallest absolute Gasteiger partial charge is 0.290 e. The second-order valence-electron chi connectivity index (χ2n) is 8.73. The summed E-state index contributed by atoms with van der Waals surface area (Å²) in [5.74, 6) is -0.00354. The number of nitrogens with zero attached hydrogens (tertiary/aromatic N) is 3. The third kappa shape index (κ3) is 5.18. The number of aromatic amines is 2. The van der Waals surface area contributed by atoms with Gasteiger partial charge in [-0.15, -0.1) is 0 Å². The van der Waals surface area contributed by atoms with Gasteiger partial charge in [-0.1, -0.05) is 0 Å². The van der Waals surface area contributed by atoms with Gasteiger partial charge in [0, 0.05) is 55.7 Å². The molecule has 34 heavy (non-hydrogen) atoms. The average Bonchev–Trinajstić information content (AvgIpc) is 3.58. The highest BCUT2D eigenvalue weighted by Gasteiger charge is 2.53. The van der Waals surface area contributed by atoms with Crippen LogP contribution in [0.25, 0.3) is 0 Å². The number of nitrogens with one attached hydrogen (secondary N) is 2. The molecule has 3 aliphatic rings. The Morgan fingerprint density at radius 3 is 2.56 bits per heavy atom. The van der Waals surface area contributed by atoms with E-state index < -0.39 is 0 Å². The zero-order chi connectivity index (χ0) is 24.7. The van der Waals surface area contributed by atoms with Crippen LogP contribution in [0.3, 0.4) is 0 Å². The van der Waals surface area contributed by atoms with Gasteiger partial charge in [0.25, 0.3) is 24.4 Å². The van der Waals surface area contributed by atoms with Crippen LogP contribution in [-0.2, 0) is 29.0 Å². The molecule has 0 radical (unpaired) electrons. The summed E-state index contributed by atoms with van der Waals surface area (Å²) in [6, 6.07) is 3.74. The summed E-state index contributed by atoms with van der Waals surface area (Å²) in [6.07, 6.45) is 4.56. The molecule has 12 nitrogen and oxygen atoms in total. The molecule has 2 atom stereocenters. The molecule has 2 aromatic rings. The van der Waals surface area contributed by atoms with Crippen LogP contribution in [-0.4, -0.2) is 91.9 Å². The summed E-state index contributed by atoms with van der Waals surface area (Å²) >= 11 is 0. The minimum Gasteiger partial charge on any atom is -0.483 e. The van der Waals surface area contributed by atoms with Crippen LogP contribution in [0.5, 0.6) is 0 Å². The molecule has 5 rings (SSSR count). The minimum absolute atomic E-state index is 0.0431. The lowest BCUT2D eigenvalue weighted by molar-refractivity contribution is -0.123. The van der Waals surface area contributed by atoms with Crippen LogP contribution in [0.1, 0.15) is 33.7 Å². The van der Waals surface area contributed by atoms with Gasteiger partial charge in [0.2, 0.25) is 0 Å². The first-order chi connectivity index (χ1) is 16.4. The van der Waals surface area contributed by atoms with Gasteiger partial charge in [-0.3, -0.25) is 29.2 Å². The summed E-state index contributed by atoms with van der Waals surface area (Å²) < 4.78 is 0. The molecule has 4 heterocycles. The van der Waals surface area contributed by atoms with Gasteiger partial charge in [0.15, 0.2) is 0 Å². The second-order valence-corrected chi connectivity index (χ2v) is 8.73. The maximum atomic E-state index is 13.1. The predicted molar refractivity (Wildman–Crippen MR) is 119 cm³/mol. The van der Waals surface area contributed by atoms with Crippen LogP contribution in [0.15, 0.2) is 23.1 Å². The molecule has 0 saturated carbocycles. The van der Waals surface area contributed by atoms with Crippen molar-refractivity contribution >= 4 is 18.9 Å². The van der Waals surface area contributed by atoms with Gasteiger partial charge in [-0.05, 0) is 42.9 Å². The molecule has 2 fully saturated rings. The lowest BCUT2D eigenvalue weighted by Gasteiger charge is -2.27. The molecule has 2 unspecified atom stereocenters. The van der Waals surface area contributed by atoms with E-state index in [4.69, 9.17) is 19.8 Å². The van der Waals surface area contributed by atoms with Gasteiger partial charge < -0.3 is 25.2 Å². The Morgan fingerprint density at radius 1 is 1.21 bits per heavy atom. The summed E-state index contributed by atoms with van der Waals surface area (Å²) in [4.78, 5) is 49.2. The zero-order valence-electron chi connectivity index (χ0n) is 18.6. The number of hydrogen-bond donors (Lipinski definition) is 5. The van der Waals surface area contributed by atoms with Crippen LogP contribution >= 0.6 is 0 Å². The van der Waals surface area contributed by atoms with E-state index in [-0.39, 0.29) is 47.9 Å². The van der Waals surface area contributed by atoms with E-state index in [2.05, 4.69) is 20.1 Å². The van der Waals surface area contributed by atoms with Crippen LogP contribution in [0.4, 0.5) is 0 Å². The maximum Gasteiger partial charge on any atom is 0.290 e. The van der Waals surface area contributed by atoms with E-state index in [1.165, 1.54) is 0 Å². The Hall–Kier alpha value is -3.51. The number of hydrogen-bond acceptors (Lipinski definition) is 7. The standard InChI is InChI=1S/C20H25N5O3.2CH2O2/c26-12-20-10-24(9-15-4-5-21-23-15)7-14(20)8-25(11-20)19(28)16-6-13-2-1-3-17(13)22-18(16)27;2*2-1-3/h4-6,14,26H,1-3,7-12H2,(H,21,23)(H,22,27);2*1H,(H,2,3). The first kappa shape index (κ1) is 25.1. The Kier molecular flexibility index (Phi) is 8.18. The highest BCUT2D eigenvalue weighted by atomic mass is 16.3. The predicted octanol–water partition coefficient (Wildman–Crippen LogP) is -0.445. The van der Waals surface area contributed by atoms with Crippen LogP contribution < -0.4 is 5.56 Å². The van der Waals surface area contributed by atoms with Gasteiger partial charge in [0.05, 0.1) is 6.61 Å². The van der Waals surface area contributed by atoms with Gasteiger partial charge in [-0.25, -0.2) is 0 Å². The van der Waals surface area contributed by atoms with Gasteiger partial charge in [0.1, 0.15) is 5.56 Å². The van der Waals surface area contributed by atoms with Crippen molar-refractivity contribution in [3.8, 4) is 0 Å². The Morgan fingerprint density at radius 2 is 1.94 bits per heavy atom. The summed E-state index contributed by atoms with van der Waals surface area (Å²) in [5, 5.41) is 30.9. The topological polar surface area (TPSA) is 180 Å². The molecule has 0 bridgehead atoms. The van der Waals surface area contributed by atoms with Crippen molar-refractivity contribution in [1.29, 1.82) is 0 Å². The van der Waals surface area contributed by atoms with Crippen molar-refractivity contribution in [3.63, 3.8) is 0 Å². The van der Waals surface area contributed by atoms with Crippen molar-refractivity contribution in [2.75, 3.05) is 32.8 Å². The van der Waals surface area contributed by atoms with E-state index in [0.717, 1.165) is 55.8 Å². The molecule has 0 spiro atoms. The molecular formula is C22H29N5O7.